The number of rotatable bonds is 21. The Kier molecular flexibility index (Phi) is 18.4. The number of likely N-dealkylation sites (N-methyl/N-ethyl adjacent to an activating group) is 2. The van der Waals surface area contributed by atoms with E-state index in [0.717, 1.165) is 21.9 Å². The lowest BCUT2D eigenvalue weighted by Gasteiger charge is -2.41. The molecule has 9 atom stereocenters. The van der Waals surface area contributed by atoms with Crippen LogP contribution in [0.25, 0.3) is 0 Å². The van der Waals surface area contributed by atoms with Crippen molar-refractivity contribution in [1.82, 2.24) is 30.3 Å². The largest absolute Gasteiger partial charge is 0.465 e. The number of likely N-dealkylation sites (tertiary alicyclic amines) is 1. The summed E-state index contributed by atoms with van der Waals surface area (Å²) >= 11 is 1.49. The average Bonchev–Trinajstić information content (AvgIpc) is 3.90. The normalized spacial score (nSPS) is 18.5. The van der Waals surface area contributed by atoms with E-state index in [1.807, 2.05) is 70.3 Å². The number of ether oxygens (including phenoxy) is 2. The van der Waals surface area contributed by atoms with Gasteiger partial charge in [-0.25, -0.2) is 9.78 Å². The Hall–Kier alpha value is -4.08. The Labute approximate surface area is 343 Å². The van der Waals surface area contributed by atoms with Crippen LogP contribution in [0.2, 0.25) is 0 Å². The summed E-state index contributed by atoms with van der Waals surface area (Å²) in [6.45, 7) is 13.5. The molecule has 57 heavy (non-hydrogen) atoms. The first kappa shape index (κ1) is 47.3. The van der Waals surface area contributed by atoms with Crippen molar-refractivity contribution in [2.24, 2.45) is 23.7 Å². The van der Waals surface area contributed by atoms with Gasteiger partial charge in [-0.3, -0.25) is 24.1 Å². The first-order chi connectivity index (χ1) is 27.0. The number of benzene rings is 1. The van der Waals surface area contributed by atoms with E-state index in [9.17, 15) is 29.1 Å². The van der Waals surface area contributed by atoms with Gasteiger partial charge in [0.05, 0.1) is 42.7 Å². The first-order valence-electron chi connectivity index (χ1n) is 20.1. The Morgan fingerprint density at radius 1 is 0.947 bits per heavy atom. The molecule has 14 nitrogen and oxygen atoms in total. The van der Waals surface area contributed by atoms with Gasteiger partial charge in [0.2, 0.25) is 23.6 Å². The van der Waals surface area contributed by atoms with Gasteiger partial charge in [0.15, 0.2) is 0 Å². The number of hydrogen-bond acceptors (Lipinski definition) is 9. The summed E-state index contributed by atoms with van der Waals surface area (Å²) in [5.41, 5.74) is 1.07. The minimum atomic E-state index is -1.24. The van der Waals surface area contributed by atoms with Crippen LogP contribution in [-0.4, -0.2) is 126 Å². The third-order valence-electron chi connectivity index (χ3n) is 11.5. The highest BCUT2D eigenvalue weighted by molar-refractivity contribution is 7.09. The van der Waals surface area contributed by atoms with E-state index in [1.54, 1.807) is 44.0 Å². The van der Waals surface area contributed by atoms with Crippen molar-refractivity contribution in [3.63, 3.8) is 0 Å². The zero-order valence-corrected chi connectivity index (χ0v) is 36.5. The van der Waals surface area contributed by atoms with Gasteiger partial charge in [-0.1, -0.05) is 85.2 Å². The van der Waals surface area contributed by atoms with Crippen molar-refractivity contribution in [2.45, 2.75) is 123 Å². The Balaban J connectivity index is 1.80. The summed E-state index contributed by atoms with van der Waals surface area (Å²) in [5, 5.41) is 18.4. The van der Waals surface area contributed by atoms with Crippen LogP contribution in [0.3, 0.4) is 0 Å². The predicted molar refractivity (Wildman–Crippen MR) is 220 cm³/mol. The number of hydrogen-bond donors (Lipinski definition) is 3. The van der Waals surface area contributed by atoms with E-state index in [0.29, 0.717) is 25.8 Å². The molecule has 0 bridgehead atoms. The van der Waals surface area contributed by atoms with Gasteiger partial charge in [-0.05, 0) is 42.6 Å². The molecule has 2 heterocycles. The Morgan fingerprint density at radius 2 is 1.61 bits per heavy atom. The second-order valence-corrected chi connectivity index (χ2v) is 16.9. The Bertz CT molecular complexity index is 1590. The standard InChI is InChI=1S/C42H66N6O8S/c1-12-27(6)36(46(8)41(52)34(25(2)3)45-39(51)35(26(4)5)47(9)42(53)54)32(55-10)24-33(49)48-21-16-19-31(48)37(56-11)28(7)38(50)44-30(40-43-20-22-57-40)23-29-17-14-13-15-18-29/h13-15,17-18,20,22,25-28,30-32,34-37H,12,16,19,21,23-24H2,1-11H3,(H,44,50)(H,45,51)(H,53,54)/t27-,28+,30-,31?,32+,34?,35?,36-,37+/m0/s1. The number of nitrogens with zero attached hydrogens (tertiary/aromatic N) is 4. The summed E-state index contributed by atoms with van der Waals surface area (Å²) in [4.78, 5) is 76.6. The molecule has 0 aliphatic carbocycles. The third-order valence-corrected chi connectivity index (χ3v) is 12.3. The molecular weight excluding hydrogens is 749 g/mol. The van der Waals surface area contributed by atoms with E-state index in [-0.39, 0.29) is 54.0 Å². The molecule has 1 fully saturated rings. The lowest BCUT2D eigenvalue weighted by Crippen LogP contribution is -2.60. The first-order valence-corrected chi connectivity index (χ1v) is 21.0. The molecule has 0 radical (unpaired) electrons. The maximum absolute atomic E-state index is 14.3. The fourth-order valence-corrected chi connectivity index (χ4v) is 8.77. The van der Waals surface area contributed by atoms with E-state index >= 15 is 0 Å². The van der Waals surface area contributed by atoms with Gasteiger partial charge in [0.1, 0.15) is 17.1 Å². The summed E-state index contributed by atoms with van der Waals surface area (Å²) < 4.78 is 12.0. The monoisotopic (exact) mass is 814 g/mol. The number of carbonyl (C=O) groups is 5. The number of methoxy groups -OCH3 is 2. The Morgan fingerprint density at radius 3 is 2.14 bits per heavy atom. The van der Waals surface area contributed by atoms with Crippen LogP contribution in [0, 0.1) is 23.7 Å². The molecule has 1 aliphatic rings. The molecule has 3 rings (SSSR count). The van der Waals surface area contributed by atoms with Gasteiger partial charge in [0.25, 0.3) is 0 Å². The number of carbonyl (C=O) groups excluding carboxylic acids is 4. The average molecular weight is 815 g/mol. The highest BCUT2D eigenvalue weighted by atomic mass is 32.1. The molecule has 15 heteroatoms. The van der Waals surface area contributed by atoms with Crippen molar-refractivity contribution in [3.05, 3.63) is 52.5 Å². The van der Waals surface area contributed by atoms with E-state index in [1.165, 1.54) is 25.5 Å². The molecule has 3 N–H and O–H groups in total. The molecule has 3 unspecified atom stereocenters. The molecule has 1 saturated heterocycles. The van der Waals surface area contributed by atoms with Crippen molar-refractivity contribution in [2.75, 3.05) is 34.9 Å². The fourth-order valence-electron chi connectivity index (χ4n) is 8.08. The van der Waals surface area contributed by atoms with Gasteiger partial charge in [-0.15, -0.1) is 11.3 Å². The summed E-state index contributed by atoms with van der Waals surface area (Å²) in [5.74, 6) is -2.61. The van der Waals surface area contributed by atoms with E-state index in [4.69, 9.17) is 9.47 Å². The fraction of sp³-hybridized carbons (Fsp3) is 0.667. The van der Waals surface area contributed by atoms with Crippen LogP contribution >= 0.6 is 11.3 Å². The van der Waals surface area contributed by atoms with Crippen LogP contribution < -0.4 is 10.6 Å². The molecule has 0 spiro atoms. The zero-order valence-electron chi connectivity index (χ0n) is 35.6. The topological polar surface area (TPSA) is 171 Å². The number of nitrogens with one attached hydrogen (secondary N) is 2. The van der Waals surface area contributed by atoms with Crippen LogP contribution in [0.1, 0.15) is 90.8 Å². The van der Waals surface area contributed by atoms with E-state index < -0.39 is 48.3 Å². The van der Waals surface area contributed by atoms with Gasteiger partial charge in [0, 0.05) is 46.4 Å². The maximum Gasteiger partial charge on any atom is 0.407 e. The molecule has 2 aromatic rings. The maximum atomic E-state index is 14.3. The second kappa shape index (κ2) is 22.2. The molecule has 1 aliphatic heterocycles. The molecule has 5 amide bonds. The highest BCUT2D eigenvalue weighted by Gasteiger charge is 2.43. The number of amides is 5. The molecule has 1 aromatic heterocycles. The van der Waals surface area contributed by atoms with Crippen LogP contribution in [0.4, 0.5) is 4.79 Å². The second-order valence-electron chi connectivity index (χ2n) is 16.0. The lowest BCUT2D eigenvalue weighted by atomic mass is 9.89. The smallest absolute Gasteiger partial charge is 0.407 e. The van der Waals surface area contributed by atoms with Crippen molar-refractivity contribution in [1.29, 1.82) is 0 Å². The van der Waals surface area contributed by atoms with Gasteiger partial charge >= 0.3 is 6.09 Å². The lowest BCUT2D eigenvalue weighted by molar-refractivity contribution is -0.148. The van der Waals surface area contributed by atoms with Crippen molar-refractivity contribution in [3.8, 4) is 0 Å². The van der Waals surface area contributed by atoms with E-state index in [2.05, 4.69) is 15.6 Å². The minimum absolute atomic E-state index is 0.0165. The molecule has 1 aromatic carbocycles. The minimum Gasteiger partial charge on any atom is -0.465 e. The van der Waals surface area contributed by atoms with Crippen LogP contribution in [0.15, 0.2) is 41.9 Å². The van der Waals surface area contributed by atoms with Crippen molar-refractivity contribution < 1.29 is 38.6 Å². The van der Waals surface area contributed by atoms with Crippen LogP contribution in [0.5, 0.6) is 0 Å². The molecule has 318 valence electrons. The predicted octanol–water partition coefficient (Wildman–Crippen LogP) is 5.24. The number of carboxylic acid groups (broad SMARTS) is 1. The molecular formula is C42H66N6O8S. The summed E-state index contributed by atoms with van der Waals surface area (Å²) in [6, 6.07) is 6.78. The summed E-state index contributed by atoms with van der Waals surface area (Å²) in [6.07, 6.45) is 1.88. The number of thiazole rings is 1. The highest BCUT2D eigenvalue weighted by Crippen LogP contribution is 2.30. The van der Waals surface area contributed by atoms with Gasteiger partial charge < -0.3 is 35.0 Å². The quantitative estimate of drug-likeness (QED) is 0.153. The molecule has 0 saturated carbocycles. The SMILES string of the molecule is CC[C@H](C)[C@@H]([C@@H](CC(=O)N1CCCC1[C@H](OC)[C@@H](C)C(=O)N[C@@H](Cc1ccccc1)c1nccs1)OC)N(C)C(=O)C(NC(=O)C(C(C)C)N(C)C(=O)O)C(C)C. The third kappa shape index (κ3) is 12.2. The summed E-state index contributed by atoms with van der Waals surface area (Å²) in [7, 11) is 6.10. The van der Waals surface area contributed by atoms with Crippen molar-refractivity contribution >= 4 is 41.1 Å². The number of aromatic nitrogens is 1. The zero-order chi connectivity index (χ0) is 42.6. The van der Waals surface area contributed by atoms with Gasteiger partial charge in [-0.2, -0.15) is 0 Å². The van der Waals surface area contributed by atoms with Crippen LogP contribution in [-0.2, 0) is 35.1 Å².